The third-order valence-corrected chi connectivity index (χ3v) is 4.37. The SMILES string of the molecule is OC1(c2cccc3[nH]ccc23)CCC(C(F)(F)F)CC1. The summed E-state index contributed by atoms with van der Waals surface area (Å²) in [7, 11) is 0. The molecular formula is C15H16F3NO. The van der Waals surface area contributed by atoms with Crippen LogP contribution < -0.4 is 0 Å². The first-order valence-corrected chi connectivity index (χ1v) is 6.76. The topological polar surface area (TPSA) is 36.0 Å². The largest absolute Gasteiger partial charge is 0.391 e. The second-order valence-electron chi connectivity index (χ2n) is 5.59. The van der Waals surface area contributed by atoms with Gasteiger partial charge in [-0.25, -0.2) is 0 Å². The van der Waals surface area contributed by atoms with Gasteiger partial charge in [-0.05, 0) is 43.4 Å². The number of rotatable bonds is 1. The Kier molecular flexibility index (Phi) is 3.05. The van der Waals surface area contributed by atoms with Crippen LogP contribution in [0.4, 0.5) is 13.2 Å². The molecule has 0 unspecified atom stereocenters. The lowest BCUT2D eigenvalue weighted by Crippen LogP contribution is -2.36. The molecule has 2 N–H and O–H groups in total. The van der Waals surface area contributed by atoms with Gasteiger partial charge in [-0.2, -0.15) is 13.2 Å². The Balaban J connectivity index is 1.89. The highest BCUT2D eigenvalue weighted by atomic mass is 19.4. The van der Waals surface area contributed by atoms with Gasteiger partial charge in [0.1, 0.15) is 0 Å². The van der Waals surface area contributed by atoms with Crippen molar-refractivity contribution >= 4 is 10.9 Å². The molecule has 0 saturated heterocycles. The number of benzene rings is 1. The molecule has 20 heavy (non-hydrogen) atoms. The number of aromatic amines is 1. The molecule has 1 saturated carbocycles. The maximum absolute atomic E-state index is 12.7. The molecule has 1 aliphatic rings. The van der Waals surface area contributed by atoms with Crippen molar-refractivity contribution in [3.05, 3.63) is 36.0 Å². The molecular weight excluding hydrogens is 267 g/mol. The second kappa shape index (κ2) is 4.52. The van der Waals surface area contributed by atoms with Crippen LogP contribution in [0, 0.1) is 5.92 Å². The van der Waals surface area contributed by atoms with E-state index in [2.05, 4.69) is 4.98 Å². The maximum Gasteiger partial charge on any atom is 0.391 e. The molecule has 2 nitrogen and oxygen atoms in total. The van der Waals surface area contributed by atoms with Crippen LogP contribution in [0.15, 0.2) is 30.5 Å². The van der Waals surface area contributed by atoms with Gasteiger partial charge in [0.05, 0.1) is 11.5 Å². The second-order valence-corrected chi connectivity index (χ2v) is 5.59. The van der Waals surface area contributed by atoms with Gasteiger partial charge < -0.3 is 10.1 Å². The Labute approximate surface area is 114 Å². The van der Waals surface area contributed by atoms with Crippen molar-refractivity contribution in [2.45, 2.75) is 37.5 Å². The molecule has 2 aromatic rings. The molecule has 0 radical (unpaired) electrons. The van der Waals surface area contributed by atoms with Crippen molar-refractivity contribution in [2.75, 3.05) is 0 Å². The van der Waals surface area contributed by atoms with Gasteiger partial charge in [-0.3, -0.25) is 0 Å². The van der Waals surface area contributed by atoms with Crippen LogP contribution in [0.1, 0.15) is 31.2 Å². The monoisotopic (exact) mass is 283 g/mol. The number of alkyl halides is 3. The quantitative estimate of drug-likeness (QED) is 0.812. The van der Waals surface area contributed by atoms with Crippen molar-refractivity contribution in [3.63, 3.8) is 0 Å². The van der Waals surface area contributed by atoms with E-state index in [9.17, 15) is 18.3 Å². The van der Waals surface area contributed by atoms with Crippen LogP contribution in [-0.4, -0.2) is 16.3 Å². The fraction of sp³-hybridized carbons (Fsp3) is 0.467. The minimum absolute atomic E-state index is 0.0131. The molecule has 1 fully saturated rings. The lowest BCUT2D eigenvalue weighted by Gasteiger charge is -2.37. The molecule has 0 aliphatic heterocycles. The molecule has 108 valence electrons. The zero-order chi connectivity index (χ0) is 14.4. The fourth-order valence-corrected chi connectivity index (χ4v) is 3.18. The predicted molar refractivity (Wildman–Crippen MR) is 70.2 cm³/mol. The third-order valence-electron chi connectivity index (χ3n) is 4.37. The summed E-state index contributed by atoms with van der Waals surface area (Å²) in [5, 5.41) is 11.7. The van der Waals surface area contributed by atoms with Gasteiger partial charge in [0.25, 0.3) is 0 Å². The molecule has 1 aromatic heterocycles. The van der Waals surface area contributed by atoms with Gasteiger partial charge in [-0.15, -0.1) is 0 Å². The molecule has 0 bridgehead atoms. The summed E-state index contributed by atoms with van der Waals surface area (Å²) in [5.41, 5.74) is 0.481. The third kappa shape index (κ3) is 2.20. The van der Waals surface area contributed by atoms with E-state index in [0.717, 1.165) is 16.5 Å². The first-order chi connectivity index (χ1) is 9.40. The summed E-state index contributed by atoms with van der Waals surface area (Å²) in [6.45, 7) is 0. The molecule has 3 rings (SSSR count). The average molecular weight is 283 g/mol. The Hall–Kier alpha value is -1.49. The van der Waals surface area contributed by atoms with E-state index in [-0.39, 0.29) is 25.7 Å². The van der Waals surface area contributed by atoms with E-state index in [1.165, 1.54) is 0 Å². The smallest absolute Gasteiger partial charge is 0.385 e. The van der Waals surface area contributed by atoms with Crippen molar-refractivity contribution in [2.24, 2.45) is 5.92 Å². The van der Waals surface area contributed by atoms with E-state index < -0.39 is 17.7 Å². The lowest BCUT2D eigenvalue weighted by atomic mass is 9.74. The van der Waals surface area contributed by atoms with Gasteiger partial charge in [0, 0.05) is 17.1 Å². The highest BCUT2D eigenvalue weighted by molar-refractivity contribution is 5.83. The standard InChI is InChI=1S/C15H16F3NO/c16-15(17,18)10-4-7-14(20,8-5-10)12-2-1-3-13-11(12)6-9-19-13/h1-3,6,9-10,19-20H,4-5,7-8H2. The summed E-state index contributed by atoms with van der Waals surface area (Å²) in [4.78, 5) is 3.06. The minimum atomic E-state index is -4.15. The van der Waals surface area contributed by atoms with Crippen LogP contribution in [-0.2, 0) is 5.60 Å². The van der Waals surface area contributed by atoms with E-state index in [4.69, 9.17) is 0 Å². The highest BCUT2D eigenvalue weighted by Crippen LogP contribution is 2.46. The van der Waals surface area contributed by atoms with Crippen LogP contribution >= 0.6 is 0 Å². The Morgan fingerprint density at radius 2 is 1.85 bits per heavy atom. The number of aliphatic hydroxyl groups is 1. The van der Waals surface area contributed by atoms with Gasteiger partial charge in [0.2, 0.25) is 0 Å². The lowest BCUT2D eigenvalue weighted by molar-refractivity contribution is -0.193. The number of hydrogen-bond donors (Lipinski definition) is 2. The Morgan fingerprint density at radius 1 is 1.15 bits per heavy atom. The molecule has 0 spiro atoms. The highest BCUT2D eigenvalue weighted by Gasteiger charge is 2.46. The first-order valence-electron chi connectivity index (χ1n) is 6.76. The zero-order valence-corrected chi connectivity index (χ0v) is 10.9. The van der Waals surface area contributed by atoms with Crippen molar-refractivity contribution in [1.29, 1.82) is 0 Å². The van der Waals surface area contributed by atoms with Gasteiger partial charge in [0.15, 0.2) is 0 Å². The normalized spacial score (nSPS) is 27.9. The fourth-order valence-electron chi connectivity index (χ4n) is 3.18. The van der Waals surface area contributed by atoms with Crippen LogP contribution in [0.25, 0.3) is 10.9 Å². The molecule has 5 heteroatoms. The summed E-state index contributed by atoms with van der Waals surface area (Å²) in [5.74, 6) is -1.28. The number of nitrogens with one attached hydrogen (secondary N) is 1. The van der Waals surface area contributed by atoms with Crippen molar-refractivity contribution < 1.29 is 18.3 Å². The first kappa shape index (κ1) is 13.5. The minimum Gasteiger partial charge on any atom is -0.385 e. The summed E-state index contributed by atoms with van der Waals surface area (Å²) in [6.07, 6.45) is -2.09. The van der Waals surface area contributed by atoms with Crippen LogP contribution in [0.5, 0.6) is 0 Å². The summed E-state index contributed by atoms with van der Waals surface area (Å²) >= 11 is 0. The average Bonchev–Trinajstić information content (AvgIpc) is 2.86. The predicted octanol–water partition coefficient (Wildman–Crippen LogP) is 4.11. The Bertz CT molecular complexity index is 609. The van der Waals surface area contributed by atoms with Gasteiger partial charge >= 0.3 is 6.18 Å². The van der Waals surface area contributed by atoms with E-state index in [1.807, 2.05) is 24.3 Å². The number of fused-ring (bicyclic) bond motifs is 1. The van der Waals surface area contributed by atoms with E-state index >= 15 is 0 Å². The maximum atomic E-state index is 12.7. The molecule has 1 aromatic carbocycles. The summed E-state index contributed by atoms with van der Waals surface area (Å²) in [6, 6.07) is 7.38. The molecule has 1 heterocycles. The molecule has 0 atom stereocenters. The Morgan fingerprint density at radius 3 is 2.50 bits per heavy atom. The number of H-pyrrole nitrogens is 1. The number of hydrogen-bond acceptors (Lipinski definition) is 1. The molecule has 0 amide bonds. The van der Waals surface area contributed by atoms with Crippen LogP contribution in [0.3, 0.4) is 0 Å². The molecule has 1 aliphatic carbocycles. The van der Waals surface area contributed by atoms with E-state index in [0.29, 0.717) is 0 Å². The van der Waals surface area contributed by atoms with Crippen molar-refractivity contribution in [3.8, 4) is 0 Å². The number of aromatic nitrogens is 1. The zero-order valence-electron chi connectivity index (χ0n) is 10.9. The van der Waals surface area contributed by atoms with Crippen molar-refractivity contribution in [1.82, 2.24) is 4.98 Å². The number of halogens is 3. The summed E-state index contributed by atoms with van der Waals surface area (Å²) < 4.78 is 38.1. The van der Waals surface area contributed by atoms with Crippen LogP contribution in [0.2, 0.25) is 0 Å². The van der Waals surface area contributed by atoms with Gasteiger partial charge in [-0.1, -0.05) is 12.1 Å². The van der Waals surface area contributed by atoms with E-state index in [1.54, 1.807) is 6.20 Å².